The normalized spacial score (nSPS) is 22.2. The average Bonchev–Trinajstić information content (AvgIpc) is 2.93. The van der Waals surface area contributed by atoms with Gasteiger partial charge in [0, 0.05) is 5.41 Å². The van der Waals surface area contributed by atoms with Gasteiger partial charge in [0.05, 0.1) is 0 Å². The maximum atomic E-state index is 10.4. The fourth-order valence-corrected chi connectivity index (χ4v) is 7.50. The summed E-state index contributed by atoms with van der Waals surface area (Å²) in [5, 5.41) is 20.8. The lowest BCUT2D eigenvalue weighted by Crippen LogP contribution is -2.33. The minimum absolute atomic E-state index is 0.0255. The molecule has 2 N–H and O–H groups in total. The molecule has 4 rings (SSSR count). The lowest BCUT2D eigenvalue weighted by atomic mass is 9.62. The Morgan fingerprint density at radius 2 is 1.08 bits per heavy atom. The van der Waals surface area contributed by atoms with Crippen molar-refractivity contribution in [1.29, 1.82) is 0 Å². The molecule has 2 aliphatic rings. The van der Waals surface area contributed by atoms with Gasteiger partial charge in [0.1, 0.15) is 11.5 Å². The number of hydrogen-bond acceptors (Lipinski definition) is 2. The summed E-state index contributed by atoms with van der Waals surface area (Å²) in [5.74, 6) is 3.63. The molecule has 0 spiro atoms. The number of unbranched alkanes of at least 4 members (excludes halogenated alkanes) is 2. The third-order valence-electron chi connectivity index (χ3n) is 10.2. The van der Waals surface area contributed by atoms with Gasteiger partial charge < -0.3 is 10.2 Å². The highest BCUT2D eigenvalue weighted by Crippen LogP contribution is 2.49. The van der Waals surface area contributed by atoms with Crippen molar-refractivity contribution in [2.45, 2.75) is 129 Å². The number of phenolic OH excluding ortho intramolecular Hbond substituents is 2. The molecule has 0 bridgehead atoms. The van der Waals surface area contributed by atoms with E-state index in [0.717, 1.165) is 54.6 Å². The summed E-state index contributed by atoms with van der Waals surface area (Å²) >= 11 is 0. The molecule has 2 saturated carbocycles. The highest BCUT2D eigenvalue weighted by molar-refractivity contribution is 5.48. The van der Waals surface area contributed by atoms with Crippen molar-refractivity contribution in [3.05, 3.63) is 58.7 Å². The van der Waals surface area contributed by atoms with Crippen LogP contribution in [0.2, 0.25) is 0 Å². The van der Waals surface area contributed by atoms with E-state index in [-0.39, 0.29) is 5.41 Å². The van der Waals surface area contributed by atoms with E-state index in [4.69, 9.17) is 0 Å². The van der Waals surface area contributed by atoms with Gasteiger partial charge in [0.25, 0.3) is 0 Å². The molecule has 2 heteroatoms. The summed E-state index contributed by atoms with van der Waals surface area (Å²) in [6.07, 6.45) is 20.9. The molecule has 0 heterocycles. The molecular formula is C35H52O2. The van der Waals surface area contributed by atoms with Crippen molar-refractivity contribution < 1.29 is 10.2 Å². The lowest BCUT2D eigenvalue weighted by Gasteiger charge is -2.42. The number of rotatable bonds is 11. The van der Waals surface area contributed by atoms with Crippen molar-refractivity contribution in [3.63, 3.8) is 0 Å². The van der Waals surface area contributed by atoms with Crippen molar-refractivity contribution >= 4 is 0 Å². The highest BCUT2D eigenvalue weighted by Gasteiger charge is 2.39. The smallest absolute Gasteiger partial charge is 0.118 e. The molecule has 0 aliphatic heterocycles. The quantitative estimate of drug-likeness (QED) is 0.299. The Morgan fingerprint density at radius 3 is 1.54 bits per heavy atom. The maximum Gasteiger partial charge on any atom is 0.118 e. The van der Waals surface area contributed by atoms with Gasteiger partial charge in [-0.3, -0.25) is 0 Å². The Bertz CT molecular complexity index is 921. The lowest BCUT2D eigenvalue weighted by molar-refractivity contribution is 0.208. The third kappa shape index (κ3) is 6.73. The van der Waals surface area contributed by atoms with Gasteiger partial charge in [-0.2, -0.15) is 0 Å². The van der Waals surface area contributed by atoms with Crippen LogP contribution in [0.4, 0.5) is 0 Å². The van der Waals surface area contributed by atoms with Crippen molar-refractivity contribution in [2.24, 2.45) is 17.8 Å². The Hall–Kier alpha value is -1.96. The van der Waals surface area contributed by atoms with Gasteiger partial charge in [-0.05, 0) is 90.7 Å². The molecule has 0 saturated heterocycles. The molecule has 0 radical (unpaired) electrons. The molecule has 0 amide bonds. The van der Waals surface area contributed by atoms with Crippen LogP contribution in [0.1, 0.15) is 133 Å². The van der Waals surface area contributed by atoms with Gasteiger partial charge in [-0.25, -0.2) is 0 Å². The minimum Gasteiger partial charge on any atom is -0.508 e. The van der Waals surface area contributed by atoms with Crippen LogP contribution in [0.15, 0.2) is 36.4 Å². The van der Waals surface area contributed by atoms with Crippen molar-refractivity contribution in [2.75, 3.05) is 0 Å². The summed E-state index contributed by atoms with van der Waals surface area (Å²) in [5.41, 5.74) is 4.74. The number of aryl methyl sites for hydroxylation is 2. The van der Waals surface area contributed by atoms with E-state index in [1.54, 1.807) is 0 Å². The van der Waals surface area contributed by atoms with E-state index >= 15 is 0 Å². The second-order valence-electron chi connectivity index (χ2n) is 12.4. The first-order valence-corrected chi connectivity index (χ1v) is 15.6. The molecule has 2 aliphatic carbocycles. The van der Waals surface area contributed by atoms with Crippen LogP contribution in [0.5, 0.6) is 11.5 Å². The highest BCUT2D eigenvalue weighted by atomic mass is 16.3. The van der Waals surface area contributed by atoms with E-state index in [2.05, 4.69) is 45.0 Å². The second kappa shape index (κ2) is 13.2. The molecular weight excluding hydrogens is 452 g/mol. The summed E-state index contributed by atoms with van der Waals surface area (Å²) in [4.78, 5) is 0. The zero-order valence-electron chi connectivity index (χ0n) is 23.9. The topological polar surface area (TPSA) is 40.5 Å². The molecule has 37 heavy (non-hydrogen) atoms. The molecule has 2 fully saturated rings. The monoisotopic (exact) mass is 504 g/mol. The SMILES string of the molecule is CCCCCC1CCC(CCC2CCC(c3ccc(O)c(CC)c3)(c3ccc(O)c(CC)c3)CC2)CC1. The first kappa shape index (κ1) is 28.1. The van der Waals surface area contributed by atoms with E-state index in [1.165, 1.54) is 88.2 Å². The van der Waals surface area contributed by atoms with Gasteiger partial charge in [0.2, 0.25) is 0 Å². The molecule has 2 aromatic rings. The van der Waals surface area contributed by atoms with Crippen LogP contribution >= 0.6 is 0 Å². The molecule has 204 valence electrons. The Labute approximate surface area is 226 Å². The standard InChI is InChI=1S/C35H52O2/c1-4-7-8-9-26-10-12-27(13-11-26)14-15-28-20-22-35(23-21-28,31-16-18-33(36)29(5-2)24-31)32-17-19-34(37)30(6-3)25-32/h16-19,24-28,36-37H,4-15,20-23H2,1-3H3. The average molecular weight is 505 g/mol. The van der Waals surface area contributed by atoms with Gasteiger partial charge >= 0.3 is 0 Å². The van der Waals surface area contributed by atoms with E-state index in [9.17, 15) is 10.2 Å². The fourth-order valence-electron chi connectivity index (χ4n) is 7.50. The van der Waals surface area contributed by atoms with Crippen LogP contribution in [0, 0.1) is 17.8 Å². The number of phenols is 2. The van der Waals surface area contributed by atoms with Crippen LogP contribution in [0.25, 0.3) is 0 Å². The Kier molecular flexibility index (Phi) is 10.0. The fraction of sp³-hybridized carbons (Fsp3) is 0.657. The van der Waals surface area contributed by atoms with Crippen molar-refractivity contribution in [1.82, 2.24) is 0 Å². The van der Waals surface area contributed by atoms with E-state index in [1.807, 2.05) is 12.1 Å². The van der Waals surface area contributed by atoms with E-state index < -0.39 is 0 Å². The van der Waals surface area contributed by atoms with Crippen LogP contribution < -0.4 is 0 Å². The maximum absolute atomic E-state index is 10.4. The number of hydrogen-bond donors (Lipinski definition) is 2. The Morgan fingerprint density at radius 1 is 0.622 bits per heavy atom. The second-order valence-corrected chi connectivity index (χ2v) is 12.4. The summed E-state index contributed by atoms with van der Waals surface area (Å²) in [6.45, 7) is 6.56. The first-order chi connectivity index (χ1) is 18.0. The van der Waals surface area contributed by atoms with Crippen LogP contribution in [0.3, 0.4) is 0 Å². The minimum atomic E-state index is -0.0255. The first-order valence-electron chi connectivity index (χ1n) is 15.6. The number of aromatic hydroxyl groups is 2. The molecule has 2 aromatic carbocycles. The van der Waals surface area contributed by atoms with Gasteiger partial charge in [-0.1, -0.05) is 109 Å². The summed E-state index contributed by atoms with van der Waals surface area (Å²) in [6, 6.07) is 12.6. The molecule has 0 aromatic heterocycles. The molecule has 0 atom stereocenters. The summed E-state index contributed by atoms with van der Waals surface area (Å²) in [7, 11) is 0. The van der Waals surface area contributed by atoms with E-state index in [0.29, 0.717) is 11.5 Å². The van der Waals surface area contributed by atoms with Crippen LogP contribution in [-0.2, 0) is 18.3 Å². The number of benzene rings is 2. The van der Waals surface area contributed by atoms with Crippen molar-refractivity contribution in [3.8, 4) is 11.5 Å². The molecule has 0 unspecified atom stereocenters. The largest absolute Gasteiger partial charge is 0.508 e. The zero-order valence-corrected chi connectivity index (χ0v) is 23.9. The Balaban J connectivity index is 1.41. The summed E-state index contributed by atoms with van der Waals surface area (Å²) < 4.78 is 0. The zero-order chi connectivity index (χ0) is 26.3. The predicted octanol–water partition coefficient (Wildman–Crippen LogP) is 9.87. The molecule has 2 nitrogen and oxygen atoms in total. The van der Waals surface area contributed by atoms with Gasteiger partial charge in [-0.15, -0.1) is 0 Å². The van der Waals surface area contributed by atoms with Gasteiger partial charge in [0.15, 0.2) is 0 Å². The van der Waals surface area contributed by atoms with Crippen LogP contribution in [-0.4, -0.2) is 10.2 Å². The predicted molar refractivity (Wildman–Crippen MR) is 157 cm³/mol. The third-order valence-corrected chi connectivity index (χ3v) is 10.2.